The topological polar surface area (TPSA) is 88.2 Å². The number of fused-ring (bicyclic) bond motifs is 1. The van der Waals surface area contributed by atoms with E-state index < -0.39 is 0 Å². The van der Waals surface area contributed by atoms with Crippen molar-refractivity contribution in [2.75, 3.05) is 5.32 Å². The number of pyridine rings is 1. The number of carbonyl (C=O) groups excluding carboxylic acids is 1. The van der Waals surface area contributed by atoms with Crippen LogP contribution in [0.2, 0.25) is 0 Å². The smallest absolute Gasteiger partial charge is 0.257 e. The zero-order valence-electron chi connectivity index (χ0n) is 11.3. The minimum Gasteiger partial charge on any atom is -0.392 e. The lowest BCUT2D eigenvalue weighted by Gasteiger charge is -2.06. The van der Waals surface area contributed by atoms with Crippen LogP contribution in [0.25, 0.3) is 11.1 Å². The lowest BCUT2D eigenvalue weighted by Crippen LogP contribution is -2.12. The van der Waals surface area contributed by atoms with Gasteiger partial charge >= 0.3 is 0 Å². The number of hydrogen-bond acceptors (Lipinski definition) is 5. The molecule has 2 aromatic heterocycles. The van der Waals surface area contributed by atoms with E-state index in [1.54, 1.807) is 37.3 Å². The summed E-state index contributed by atoms with van der Waals surface area (Å²) in [5.41, 5.74) is 2.87. The summed E-state index contributed by atoms with van der Waals surface area (Å²) < 4.78 is 5.01. The number of anilines is 1. The normalized spacial score (nSPS) is 10.8. The Morgan fingerprint density at radius 3 is 3.05 bits per heavy atom. The maximum Gasteiger partial charge on any atom is 0.257 e. The second-order valence-electron chi connectivity index (χ2n) is 4.66. The van der Waals surface area contributed by atoms with Gasteiger partial charge in [0.15, 0.2) is 0 Å². The maximum atomic E-state index is 12.2. The van der Waals surface area contributed by atoms with E-state index in [2.05, 4.69) is 15.5 Å². The van der Waals surface area contributed by atoms with Gasteiger partial charge in [0.25, 0.3) is 11.6 Å². The van der Waals surface area contributed by atoms with E-state index in [0.29, 0.717) is 28.0 Å². The number of hydrogen-bond donors (Lipinski definition) is 2. The van der Waals surface area contributed by atoms with Crippen LogP contribution in [0.3, 0.4) is 0 Å². The summed E-state index contributed by atoms with van der Waals surface area (Å²) in [5, 5.41) is 16.4. The molecule has 3 rings (SSSR count). The van der Waals surface area contributed by atoms with Crippen LogP contribution >= 0.6 is 0 Å². The molecule has 2 N–H and O–H groups in total. The first-order valence-corrected chi connectivity index (χ1v) is 6.40. The second-order valence-corrected chi connectivity index (χ2v) is 4.66. The van der Waals surface area contributed by atoms with Crippen LogP contribution in [0, 0.1) is 6.92 Å². The summed E-state index contributed by atoms with van der Waals surface area (Å²) in [6.45, 7) is 1.72. The van der Waals surface area contributed by atoms with E-state index in [9.17, 15) is 4.79 Å². The summed E-state index contributed by atoms with van der Waals surface area (Å²) >= 11 is 0. The molecule has 0 aliphatic carbocycles. The molecule has 0 radical (unpaired) electrons. The molecule has 21 heavy (non-hydrogen) atoms. The Hall–Kier alpha value is -2.73. The molecule has 1 aromatic carbocycles. The van der Waals surface area contributed by atoms with Crippen LogP contribution in [0.15, 0.2) is 41.1 Å². The third-order valence-electron chi connectivity index (χ3n) is 3.14. The maximum absolute atomic E-state index is 12.2. The van der Waals surface area contributed by atoms with E-state index in [1.807, 2.05) is 0 Å². The minimum atomic E-state index is -0.278. The number of aliphatic hydroxyl groups excluding tert-OH is 1. The number of aromatic nitrogens is 2. The second kappa shape index (κ2) is 5.34. The molecule has 0 aliphatic heterocycles. The van der Waals surface area contributed by atoms with E-state index in [4.69, 9.17) is 9.63 Å². The van der Waals surface area contributed by atoms with Crippen molar-refractivity contribution >= 4 is 22.7 Å². The standard InChI is InChI=1S/C15H13N3O3/c1-9-13-6-11(7-16-15(13)21-18-9)14(20)17-12-4-2-3-10(5-12)8-19/h2-7,19H,8H2,1H3,(H,17,20). The summed E-state index contributed by atoms with van der Waals surface area (Å²) in [4.78, 5) is 16.3. The van der Waals surface area contributed by atoms with Crippen molar-refractivity contribution in [2.24, 2.45) is 0 Å². The quantitative estimate of drug-likeness (QED) is 0.769. The number of benzene rings is 1. The van der Waals surface area contributed by atoms with Crippen molar-refractivity contribution in [3.05, 3.63) is 53.3 Å². The molecule has 0 fully saturated rings. The van der Waals surface area contributed by atoms with Crippen molar-refractivity contribution in [1.29, 1.82) is 0 Å². The Morgan fingerprint density at radius 2 is 2.24 bits per heavy atom. The Bertz CT molecular complexity index is 811. The predicted molar refractivity (Wildman–Crippen MR) is 76.9 cm³/mol. The van der Waals surface area contributed by atoms with Gasteiger partial charge in [0.1, 0.15) is 0 Å². The zero-order valence-corrected chi connectivity index (χ0v) is 11.3. The van der Waals surface area contributed by atoms with Gasteiger partial charge in [-0.05, 0) is 30.7 Å². The molecule has 0 aliphatic rings. The highest BCUT2D eigenvalue weighted by molar-refractivity contribution is 6.05. The Kier molecular flexibility index (Phi) is 3.37. The van der Waals surface area contributed by atoms with Crippen molar-refractivity contribution in [1.82, 2.24) is 10.1 Å². The third-order valence-corrected chi connectivity index (χ3v) is 3.14. The van der Waals surface area contributed by atoms with Gasteiger partial charge in [0.05, 0.1) is 23.3 Å². The molecular formula is C15H13N3O3. The number of aryl methyl sites for hydroxylation is 1. The van der Waals surface area contributed by atoms with Crippen molar-refractivity contribution in [3.8, 4) is 0 Å². The van der Waals surface area contributed by atoms with Gasteiger partial charge in [-0.25, -0.2) is 4.98 Å². The molecule has 0 spiro atoms. The molecule has 0 unspecified atom stereocenters. The van der Waals surface area contributed by atoms with Gasteiger partial charge in [0.2, 0.25) is 0 Å². The van der Waals surface area contributed by atoms with E-state index in [0.717, 1.165) is 5.56 Å². The van der Waals surface area contributed by atoms with E-state index in [-0.39, 0.29) is 12.5 Å². The monoisotopic (exact) mass is 283 g/mol. The van der Waals surface area contributed by atoms with Gasteiger partial charge in [-0.15, -0.1) is 0 Å². The number of nitrogens with one attached hydrogen (secondary N) is 1. The van der Waals surface area contributed by atoms with Gasteiger partial charge in [-0.1, -0.05) is 17.3 Å². The van der Waals surface area contributed by atoms with Crippen molar-refractivity contribution in [3.63, 3.8) is 0 Å². The largest absolute Gasteiger partial charge is 0.392 e. The van der Waals surface area contributed by atoms with Crippen molar-refractivity contribution < 1.29 is 14.4 Å². The highest BCUT2D eigenvalue weighted by Crippen LogP contribution is 2.18. The molecule has 0 saturated carbocycles. The number of aliphatic hydroxyl groups is 1. The summed E-state index contributed by atoms with van der Waals surface area (Å²) in [7, 11) is 0. The minimum absolute atomic E-state index is 0.0723. The van der Waals surface area contributed by atoms with Crippen LogP contribution in [-0.4, -0.2) is 21.2 Å². The third kappa shape index (κ3) is 2.61. The lowest BCUT2D eigenvalue weighted by molar-refractivity contribution is 0.102. The zero-order chi connectivity index (χ0) is 14.8. The Labute approximate surface area is 120 Å². The summed E-state index contributed by atoms with van der Waals surface area (Å²) in [6, 6.07) is 8.72. The molecule has 3 aromatic rings. The summed E-state index contributed by atoms with van der Waals surface area (Å²) in [5.74, 6) is -0.278. The number of rotatable bonds is 3. The first kappa shape index (κ1) is 13.3. The molecule has 6 nitrogen and oxygen atoms in total. The van der Waals surface area contributed by atoms with Crippen LogP contribution in [-0.2, 0) is 6.61 Å². The molecule has 1 amide bonds. The molecule has 2 heterocycles. The van der Waals surface area contributed by atoms with Crippen LogP contribution < -0.4 is 5.32 Å². The molecule has 6 heteroatoms. The van der Waals surface area contributed by atoms with Gasteiger partial charge in [-0.2, -0.15) is 0 Å². The molecule has 0 bridgehead atoms. The molecule has 0 atom stereocenters. The fourth-order valence-corrected chi connectivity index (χ4v) is 2.02. The Balaban J connectivity index is 1.87. The first-order chi connectivity index (χ1) is 10.2. The summed E-state index contributed by atoms with van der Waals surface area (Å²) in [6.07, 6.45) is 1.44. The van der Waals surface area contributed by atoms with Gasteiger partial charge < -0.3 is 14.9 Å². The average molecular weight is 283 g/mol. The van der Waals surface area contributed by atoms with Crippen LogP contribution in [0.5, 0.6) is 0 Å². The highest BCUT2D eigenvalue weighted by Gasteiger charge is 2.11. The van der Waals surface area contributed by atoms with Crippen molar-refractivity contribution in [2.45, 2.75) is 13.5 Å². The molecular weight excluding hydrogens is 270 g/mol. The SMILES string of the molecule is Cc1noc2ncc(C(=O)Nc3cccc(CO)c3)cc12. The molecule has 0 saturated heterocycles. The van der Waals surface area contributed by atoms with Crippen LogP contribution in [0.4, 0.5) is 5.69 Å². The first-order valence-electron chi connectivity index (χ1n) is 6.40. The highest BCUT2D eigenvalue weighted by atomic mass is 16.5. The fourth-order valence-electron chi connectivity index (χ4n) is 2.02. The number of carbonyl (C=O) groups is 1. The molecule has 106 valence electrons. The lowest BCUT2D eigenvalue weighted by atomic mass is 10.2. The number of nitrogens with zero attached hydrogens (tertiary/aromatic N) is 2. The average Bonchev–Trinajstić information content (AvgIpc) is 2.88. The van der Waals surface area contributed by atoms with E-state index in [1.165, 1.54) is 6.20 Å². The van der Waals surface area contributed by atoms with Gasteiger partial charge in [-0.3, -0.25) is 4.79 Å². The Morgan fingerprint density at radius 1 is 1.38 bits per heavy atom. The van der Waals surface area contributed by atoms with Gasteiger partial charge in [0, 0.05) is 11.9 Å². The van der Waals surface area contributed by atoms with E-state index >= 15 is 0 Å². The fraction of sp³-hybridized carbons (Fsp3) is 0.133. The predicted octanol–water partition coefficient (Wildman–Crippen LogP) is 2.28. The number of amides is 1. The van der Waals surface area contributed by atoms with Crippen LogP contribution in [0.1, 0.15) is 21.6 Å².